The van der Waals surface area contributed by atoms with Crippen LogP contribution in [0, 0.1) is 5.92 Å². The molecule has 0 aromatic rings. The van der Waals surface area contributed by atoms with Crippen LogP contribution in [0.1, 0.15) is 67.7 Å². The molecule has 0 aromatic carbocycles. The molecular formula is C17H32. The van der Waals surface area contributed by atoms with Crippen molar-refractivity contribution in [2.45, 2.75) is 67.7 Å². The van der Waals surface area contributed by atoms with Crippen molar-refractivity contribution < 1.29 is 0 Å². The van der Waals surface area contributed by atoms with Gasteiger partial charge < -0.3 is 0 Å². The van der Waals surface area contributed by atoms with Crippen molar-refractivity contribution in [2.75, 3.05) is 0 Å². The molecule has 1 aliphatic carbocycles. The molecule has 0 spiro atoms. The Morgan fingerprint density at radius 3 is 2.18 bits per heavy atom. The molecule has 0 aromatic heterocycles. The zero-order chi connectivity index (χ0) is 13.8. The molecule has 1 fully saturated rings. The first-order valence-corrected chi connectivity index (χ1v) is 7.17. The molecule has 0 amide bonds. The molecule has 0 bridgehead atoms. The van der Waals surface area contributed by atoms with Gasteiger partial charge in [-0.05, 0) is 50.2 Å². The molecule has 1 rings (SSSR count). The molecule has 0 heterocycles. The van der Waals surface area contributed by atoms with Gasteiger partial charge in [0, 0.05) is 0 Å². The van der Waals surface area contributed by atoms with E-state index >= 15 is 0 Å². The summed E-state index contributed by atoms with van der Waals surface area (Å²) in [7, 11) is 0. The summed E-state index contributed by atoms with van der Waals surface area (Å²) in [4.78, 5) is 0. The molecule has 1 aliphatic rings. The molecule has 1 unspecified atom stereocenters. The molecule has 0 heteroatoms. The maximum absolute atomic E-state index is 3.95. The van der Waals surface area contributed by atoms with Crippen LogP contribution >= 0.6 is 0 Å². The third-order valence-corrected chi connectivity index (χ3v) is 2.74. The lowest BCUT2D eigenvalue weighted by atomic mass is 9.81. The largest absolute Gasteiger partial charge is 0.0961 e. The van der Waals surface area contributed by atoms with Gasteiger partial charge in [0.05, 0.1) is 0 Å². The van der Waals surface area contributed by atoms with Gasteiger partial charge in [-0.25, -0.2) is 0 Å². The highest BCUT2D eigenvalue weighted by Gasteiger charge is 2.17. The van der Waals surface area contributed by atoms with Gasteiger partial charge in [0.2, 0.25) is 0 Å². The van der Waals surface area contributed by atoms with Crippen molar-refractivity contribution in [1.82, 2.24) is 0 Å². The fraction of sp³-hybridized carbons (Fsp3) is 0.647. The maximum atomic E-state index is 3.95. The van der Waals surface area contributed by atoms with Gasteiger partial charge in [-0.15, -0.1) is 0 Å². The van der Waals surface area contributed by atoms with Crippen molar-refractivity contribution in [1.29, 1.82) is 0 Å². The highest BCUT2D eigenvalue weighted by atomic mass is 14.2. The van der Waals surface area contributed by atoms with Crippen LogP contribution in [0.3, 0.4) is 0 Å². The molecule has 0 nitrogen and oxygen atoms in total. The summed E-state index contributed by atoms with van der Waals surface area (Å²) in [5, 5.41) is 0. The van der Waals surface area contributed by atoms with Crippen LogP contribution in [0.2, 0.25) is 0 Å². The fourth-order valence-electron chi connectivity index (χ4n) is 2.03. The van der Waals surface area contributed by atoms with Gasteiger partial charge in [-0.2, -0.15) is 0 Å². The van der Waals surface area contributed by atoms with Crippen LogP contribution in [0.5, 0.6) is 0 Å². The minimum Gasteiger partial charge on any atom is -0.0961 e. The van der Waals surface area contributed by atoms with Gasteiger partial charge in [0.25, 0.3) is 0 Å². The molecule has 0 aliphatic heterocycles. The lowest BCUT2D eigenvalue weighted by Gasteiger charge is -2.25. The van der Waals surface area contributed by atoms with Crippen molar-refractivity contribution >= 4 is 0 Å². The summed E-state index contributed by atoms with van der Waals surface area (Å²) >= 11 is 0. The van der Waals surface area contributed by atoms with E-state index in [1.807, 2.05) is 27.7 Å². The molecule has 17 heavy (non-hydrogen) atoms. The van der Waals surface area contributed by atoms with Crippen LogP contribution in [0.15, 0.2) is 35.5 Å². The second kappa shape index (κ2) is 11.7. The van der Waals surface area contributed by atoms with Gasteiger partial charge in [0.1, 0.15) is 0 Å². The third-order valence-electron chi connectivity index (χ3n) is 2.74. The van der Waals surface area contributed by atoms with Crippen molar-refractivity contribution in [3.8, 4) is 0 Å². The monoisotopic (exact) mass is 236 g/mol. The average Bonchev–Trinajstić information content (AvgIpc) is 2.36. The van der Waals surface area contributed by atoms with Crippen LogP contribution < -0.4 is 0 Å². The van der Waals surface area contributed by atoms with E-state index in [-0.39, 0.29) is 0 Å². The van der Waals surface area contributed by atoms with Gasteiger partial charge in [0.15, 0.2) is 0 Å². The first kappa shape index (κ1) is 18.6. The second-order valence-electron chi connectivity index (χ2n) is 4.05. The molecule has 1 saturated carbocycles. The average molecular weight is 236 g/mol. The lowest BCUT2D eigenvalue weighted by molar-refractivity contribution is 0.538. The fourth-order valence-corrected chi connectivity index (χ4v) is 2.03. The Labute approximate surface area is 110 Å². The molecule has 100 valence electrons. The summed E-state index contributed by atoms with van der Waals surface area (Å²) in [5.41, 5.74) is 4.21. The lowest BCUT2D eigenvalue weighted by Crippen LogP contribution is -2.09. The maximum Gasteiger partial charge on any atom is -0.0188 e. The third kappa shape index (κ3) is 7.20. The van der Waals surface area contributed by atoms with E-state index in [0.717, 1.165) is 5.92 Å². The first-order valence-electron chi connectivity index (χ1n) is 7.17. The van der Waals surface area contributed by atoms with Crippen LogP contribution in [0.25, 0.3) is 0 Å². The van der Waals surface area contributed by atoms with Crippen molar-refractivity contribution in [3.05, 3.63) is 35.5 Å². The number of rotatable bonds is 1. The summed E-state index contributed by atoms with van der Waals surface area (Å²) in [6.45, 7) is 18.5. The van der Waals surface area contributed by atoms with Gasteiger partial charge in [-0.3, -0.25) is 0 Å². The quantitative estimate of drug-likeness (QED) is 0.500. The molecule has 0 saturated heterocycles. The Kier molecular flexibility index (Phi) is 12.8. The van der Waals surface area contributed by atoms with Crippen LogP contribution in [0.4, 0.5) is 0 Å². The predicted molar refractivity (Wildman–Crippen MR) is 82.4 cm³/mol. The predicted octanol–water partition coefficient (Wildman–Crippen LogP) is 6.31. The van der Waals surface area contributed by atoms with E-state index in [4.69, 9.17) is 0 Å². The van der Waals surface area contributed by atoms with Gasteiger partial charge in [-0.1, -0.05) is 58.9 Å². The van der Waals surface area contributed by atoms with E-state index in [0.29, 0.717) is 0 Å². The summed E-state index contributed by atoms with van der Waals surface area (Å²) in [6.07, 6.45) is 8.42. The Hall–Kier alpha value is -0.780. The Morgan fingerprint density at radius 1 is 1.24 bits per heavy atom. The first-order chi connectivity index (χ1) is 8.15. The highest BCUT2D eigenvalue weighted by molar-refractivity contribution is 5.38. The van der Waals surface area contributed by atoms with E-state index < -0.39 is 0 Å². The molecule has 0 N–H and O–H groups in total. The van der Waals surface area contributed by atoms with Crippen LogP contribution in [-0.2, 0) is 0 Å². The summed E-state index contributed by atoms with van der Waals surface area (Å²) in [5.74, 6) is 0.719. The van der Waals surface area contributed by atoms with Crippen molar-refractivity contribution in [3.63, 3.8) is 0 Å². The zero-order valence-corrected chi connectivity index (χ0v) is 13.1. The Bertz CT molecular complexity index is 253. The number of hydrogen-bond acceptors (Lipinski definition) is 0. The molecule has 1 atom stereocenters. The van der Waals surface area contributed by atoms with E-state index in [1.165, 1.54) is 36.0 Å². The van der Waals surface area contributed by atoms with Gasteiger partial charge >= 0.3 is 0 Å². The Balaban J connectivity index is 0. The molecular weight excluding hydrogens is 204 g/mol. The minimum atomic E-state index is 0.719. The SMILES string of the molecule is C=C(C)/C=C1\C(=C/C)CCCC1C.CC.CC. The zero-order valence-electron chi connectivity index (χ0n) is 13.1. The second-order valence-corrected chi connectivity index (χ2v) is 4.05. The smallest absolute Gasteiger partial charge is 0.0188 e. The standard InChI is InChI=1S/C13H20.2C2H6/c1-5-12-8-6-7-11(4)13(12)9-10(2)3;2*1-2/h5,9,11H,2,6-8H2,1,3-4H3;2*1-2H3/b12-5-,13-9-;;. The van der Waals surface area contributed by atoms with Crippen LogP contribution in [-0.4, -0.2) is 0 Å². The normalized spacial score (nSPS) is 23.4. The van der Waals surface area contributed by atoms with E-state index in [1.54, 1.807) is 0 Å². The molecule has 0 radical (unpaired) electrons. The Morgan fingerprint density at radius 2 is 1.76 bits per heavy atom. The van der Waals surface area contributed by atoms with E-state index in [2.05, 4.69) is 39.5 Å². The number of allylic oxidation sites excluding steroid dienone is 5. The summed E-state index contributed by atoms with van der Waals surface area (Å²) < 4.78 is 0. The van der Waals surface area contributed by atoms with Crippen molar-refractivity contribution in [2.24, 2.45) is 5.92 Å². The van der Waals surface area contributed by atoms with E-state index in [9.17, 15) is 0 Å². The summed E-state index contributed by atoms with van der Waals surface area (Å²) in [6, 6.07) is 0. The minimum absolute atomic E-state index is 0.719. The number of hydrogen-bond donors (Lipinski definition) is 0. The topological polar surface area (TPSA) is 0 Å². The highest BCUT2D eigenvalue weighted by Crippen LogP contribution is 2.33.